The maximum atomic E-state index is 13.9. The lowest BCUT2D eigenvalue weighted by Gasteiger charge is -2.12. The summed E-state index contributed by atoms with van der Waals surface area (Å²) in [6, 6.07) is 34.3. The molecule has 8 nitrogen and oxygen atoms in total. The normalized spacial score (nSPS) is 10.9. The molecular weight excluding hydrogens is 707 g/mol. The lowest BCUT2D eigenvalue weighted by atomic mass is 9.98. The van der Waals surface area contributed by atoms with Gasteiger partial charge in [-0.2, -0.15) is 0 Å². The zero-order valence-electron chi connectivity index (χ0n) is 32.9. The molecule has 0 fully saturated rings. The summed E-state index contributed by atoms with van der Waals surface area (Å²) in [5.74, 6) is -1.24. The summed E-state index contributed by atoms with van der Waals surface area (Å²) in [6.07, 6.45) is 4.91. The lowest BCUT2D eigenvalue weighted by Crippen LogP contribution is -2.18. The lowest BCUT2D eigenvalue weighted by molar-refractivity contribution is 0.0992. The summed E-state index contributed by atoms with van der Waals surface area (Å²) in [6.45, 7) is 12.3. The number of pyridine rings is 3. The number of aromatic nitrogens is 3. The molecule has 8 heteroatoms. The Hall–Kier alpha value is -7.06. The Kier molecular flexibility index (Phi) is 11.0. The van der Waals surface area contributed by atoms with Gasteiger partial charge in [0.1, 0.15) is 0 Å². The van der Waals surface area contributed by atoms with Crippen molar-refractivity contribution in [2.24, 2.45) is 0 Å². The van der Waals surface area contributed by atoms with E-state index in [9.17, 15) is 14.4 Å². The van der Waals surface area contributed by atoms with Gasteiger partial charge in [0.2, 0.25) is 0 Å². The van der Waals surface area contributed by atoms with Gasteiger partial charge in [-0.15, -0.1) is 0 Å². The molecule has 0 aliphatic carbocycles. The molecule has 7 aromatic rings. The third-order valence-electron chi connectivity index (χ3n) is 9.56. The number of aryl methyl sites for hydroxylation is 6. The molecule has 0 atom stereocenters. The van der Waals surface area contributed by atoms with Crippen LogP contribution < -0.4 is 10.6 Å². The van der Waals surface area contributed by atoms with Crippen molar-refractivity contribution in [3.8, 4) is 33.8 Å². The summed E-state index contributed by atoms with van der Waals surface area (Å²) in [7, 11) is 0. The van der Waals surface area contributed by atoms with Crippen molar-refractivity contribution in [3.05, 3.63) is 183 Å². The summed E-state index contributed by atoms with van der Waals surface area (Å²) in [5.41, 5.74) is 14.3. The molecule has 3 aromatic heterocycles. The van der Waals surface area contributed by atoms with Crippen LogP contribution in [0.1, 0.15) is 70.0 Å². The van der Waals surface area contributed by atoms with Crippen LogP contribution >= 0.6 is 0 Å². The molecule has 0 spiro atoms. The zero-order chi connectivity index (χ0) is 40.2. The first-order valence-corrected chi connectivity index (χ1v) is 18.8. The van der Waals surface area contributed by atoms with Crippen LogP contribution in [0.25, 0.3) is 33.8 Å². The maximum Gasteiger partial charge on any atom is 0.255 e. The molecule has 0 bridgehead atoms. The molecular formula is C49H43N5O3. The number of hydrogen-bond acceptors (Lipinski definition) is 6. The zero-order valence-corrected chi connectivity index (χ0v) is 32.9. The molecule has 0 aliphatic rings. The second-order valence-corrected chi connectivity index (χ2v) is 14.9. The number of hydrogen-bond donors (Lipinski definition) is 2. The van der Waals surface area contributed by atoms with E-state index < -0.39 is 11.8 Å². The molecule has 0 radical (unpaired) electrons. The summed E-state index contributed by atoms with van der Waals surface area (Å²) < 4.78 is 0. The van der Waals surface area contributed by atoms with Crippen LogP contribution in [-0.2, 0) is 6.42 Å². The van der Waals surface area contributed by atoms with Crippen LogP contribution in [0.15, 0.2) is 128 Å². The minimum absolute atomic E-state index is 0.0277. The van der Waals surface area contributed by atoms with Gasteiger partial charge in [0, 0.05) is 46.0 Å². The number of carbonyl (C=O) groups excluding carboxylic acids is 3. The summed E-state index contributed by atoms with van der Waals surface area (Å²) in [4.78, 5) is 55.2. The van der Waals surface area contributed by atoms with Gasteiger partial charge < -0.3 is 10.6 Å². The van der Waals surface area contributed by atoms with Crippen LogP contribution in [0.5, 0.6) is 0 Å². The highest BCUT2D eigenvalue weighted by molar-refractivity contribution is 6.11. The maximum absolute atomic E-state index is 13.9. The molecule has 4 aromatic carbocycles. The Labute approximate surface area is 333 Å². The van der Waals surface area contributed by atoms with Crippen molar-refractivity contribution in [1.82, 2.24) is 15.0 Å². The predicted octanol–water partition coefficient (Wildman–Crippen LogP) is 10.7. The van der Waals surface area contributed by atoms with Crippen LogP contribution in [0, 0.1) is 41.5 Å². The van der Waals surface area contributed by atoms with E-state index in [2.05, 4.69) is 80.2 Å². The molecule has 282 valence electrons. The predicted molar refractivity (Wildman–Crippen MR) is 228 cm³/mol. The van der Waals surface area contributed by atoms with E-state index in [1.165, 1.54) is 18.2 Å². The van der Waals surface area contributed by atoms with E-state index >= 15 is 0 Å². The molecule has 57 heavy (non-hydrogen) atoms. The molecule has 3 heterocycles. The average Bonchev–Trinajstić information content (AvgIpc) is 3.17. The number of carbonyl (C=O) groups is 3. The van der Waals surface area contributed by atoms with Crippen molar-refractivity contribution >= 4 is 29.0 Å². The van der Waals surface area contributed by atoms with E-state index in [0.717, 1.165) is 67.2 Å². The third-order valence-corrected chi connectivity index (χ3v) is 9.56. The quantitative estimate of drug-likeness (QED) is 0.135. The highest BCUT2D eigenvalue weighted by Crippen LogP contribution is 2.25. The summed E-state index contributed by atoms with van der Waals surface area (Å²) >= 11 is 0. The van der Waals surface area contributed by atoms with Gasteiger partial charge in [-0.05, 0) is 132 Å². The number of rotatable bonds is 10. The Balaban J connectivity index is 1.14. The Morgan fingerprint density at radius 1 is 0.421 bits per heavy atom. The fourth-order valence-corrected chi connectivity index (χ4v) is 7.09. The fraction of sp³-hybridized carbons (Fsp3) is 0.143. The molecule has 0 unspecified atom stereocenters. The van der Waals surface area contributed by atoms with Crippen LogP contribution in [-0.4, -0.2) is 32.5 Å². The third kappa shape index (κ3) is 9.43. The molecule has 0 saturated carbocycles. The SMILES string of the molecule is Cc1cc(C)cc(-c2ccc(CC(=O)c3cc(C(=O)Nc4ccc(-c5cc(C)cc(C)c5)nc4)cc(C(=O)Nc4ccc(-c5cc(C)cc(C)c5)nc4)c3)cn2)c1. The second-order valence-electron chi connectivity index (χ2n) is 14.9. The number of nitrogens with zero attached hydrogens (tertiary/aromatic N) is 3. The number of ketones is 1. The van der Waals surface area contributed by atoms with Gasteiger partial charge in [0.25, 0.3) is 11.8 Å². The minimum atomic E-state index is -0.487. The van der Waals surface area contributed by atoms with Gasteiger partial charge in [-0.3, -0.25) is 29.3 Å². The molecule has 2 N–H and O–H groups in total. The first-order valence-electron chi connectivity index (χ1n) is 18.8. The largest absolute Gasteiger partial charge is 0.321 e. The van der Waals surface area contributed by atoms with E-state index in [0.29, 0.717) is 16.9 Å². The first kappa shape index (κ1) is 38.2. The van der Waals surface area contributed by atoms with Crippen molar-refractivity contribution in [1.29, 1.82) is 0 Å². The Bertz CT molecular complexity index is 2280. The van der Waals surface area contributed by atoms with E-state index in [1.807, 2.05) is 65.8 Å². The van der Waals surface area contributed by atoms with E-state index in [1.54, 1.807) is 30.7 Å². The molecule has 7 rings (SSSR count). The standard InChI is InChI=1S/C49H43N5O3/c1-29-13-30(2)17-36(16-29)44-10-7-35(26-50-44)22-47(55)39-23-40(48(56)53-42-8-11-45(51-27-42)37-18-31(3)14-32(4)19-37)25-41(24-39)49(57)54-43-9-12-46(52-28-43)38-20-33(5)15-34(6)21-38/h7-21,23-28H,22H2,1-6H3,(H,53,56)(H,54,57). The first-order chi connectivity index (χ1) is 27.3. The van der Waals surface area contributed by atoms with Gasteiger partial charge >= 0.3 is 0 Å². The van der Waals surface area contributed by atoms with Crippen molar-refractivity contribution in [2.45, 2.75) is 48.0 Å². The molecule has 0 saturated heterocycles. The highest BCUT2D eigenvalue weighted by atomic mass is 16.2. The van der Waals surface area contributed by atoms with Crippen LogP contribution in [0.2, 0.25) is 0 Å². The smallest absolute Gasteiger partial charge is 0.255 e. The summed E-state index contributed by atoms with van der Waals surface area (Å²) in [5, 5.41) is 5.77. The Morgan fingerprint density at radius 3 is 1.11 bits per heavy atom. The van der Waals surface area contributed by atoms with Crippen molar-refractivity contribution in [3.63, 3.8) is 0 Å². The molecule has 2 amide bonds. The second kappa shape index (κ2) is 16.4. The van der Waals surface area contributed by atoms with Gasteiger partial charge in [-0.25, -0.2) is 0 Å². The molecule has 0 aliphatic heterocycles. The van der Waals surface area contributed by atoms with Gasteiger partial charge in [0.05, 0.1) is 40.9 Å². The van der Waals surface area contributed by atoms with Crippen LogP contribution in [0.3, 0.4) is 0 Å². The van der Waals surface area contributed by atoms with E-state index in [-0.39, 0.29) is 28.9 Å². The van der Waals surface area contributed by atoms with Gasteiger partial charge in [-0.1, -0.05) is 57.6 Å². The Morgan fingerprint density at radius 2 is 0.772 bits per heavy atom. The number of anilines is 2. The number of benzene rings is 4. The van der Waals surface area contributed by atoms with Crippen LogP contribution in [0.4, 0.5) is 11.4 Å². The number of amides is 2. The van der Waals surface area contributed by atoms with Crippen molar-refractivity contribution in [2.75, 3.05) is 10.6 Å². The topological polar surface area (TPSA) is 114 Å². The number of nitrogens with one attached hydrogen (secondary N) is 2. The average molecular weight is 750 g/mol. The monoisotopic (exact) mass is 749 g/mol. The fourth-order valence-electron chi connectivity index (χ4n) is 7.09. The highest BCUT2D eigenvalue weighted by Gasteiger charge is 2.19. The van der Waals surface area contributed by atoms with Crippen molar-refractivity contribution < 1.29 is 14.4 Å². The minimum Gasteiger partial charge on any atom is -0.321 e. The number of Topliss-reactive ketones (excluding diaryl/α,β-unsaturated/α-hetero) is 1. The van der Waals surface area contributed by atoms with Gasteiger partial charge in [0.15, 0.2) is 5.78 Å². The van der Waals surface area contributed by atoms with E-state index in [4.69, 9.17) is 0 Å².